The fourth-order valence-electron chi connectivity index (χ4n) is 2.88. The van der Waals surface area contributed by atoms with Crippen LogP contribution in [0.1, 0.15) is 38.5 Å². The molecule has 2 rings (SSSR count). The summed E-state index contributed by atoms with van der Waals surface area (Å²) in [5.41, 5.74) is 0. The summed E-state index contributed by atoms with van der Waals surface area (Å²) in [6, 6.07) is -1.11. The minimum atomic E-state index is -1.03. The summed E-state index contributed by atoms with van der Waals surface area (Å²) in [7, 11) is 0. The first-order chi connectivity index (χ1) is 9.09. The summed E-state index contributed by atoms with van der Waals surface area (Å²) in [6.07, 6.45) is 4.81. The Hall–Kier alpha value is -1.30. The molecule has 0 aliphatic carbocycles. The predicted octanol–water partition coefficient (Wildman–Crippen LogP) is 0.892. The van der Waals surface area contributed by atoms with Crippen molar-refractivity contribution >= 4 is 12.0 Å². The van der Waals surface area contributed by atoms with E-state index in [9.17, 15) is 14.7 Å². The summed E-state index contributed by atoms with van der Waals surface area (Å²) in [6.45, 7) is 1.52. The van der Waals surface area contributed by atoms with Gasteiger partial charge in [-0.15, -0.1) is 0 Å². The molecule has 0 aromatic rings. The van der Waals surface area contributed by atoms with E-state index in [1.807, 2.05) is 0 Å². The Bertz CT molecular complexity index is 340. The molecule has 6 heteroatoms. The van der Waals surface area contributed by atoms with Crippen molar-refractivity contribution in [2.24, 2.45) is 0 Å². The van der Waals surface area contributed by atoms with Crippen molar-refractivity contribution in [3.8, 4) is 0 Å². The fourth-order valence-corrected chi connectivity index (χ4v) is 2.88. The molecule has 0 radical (unpaired) electrons. The zero-order valence-electron chi connectivity index (χ0n) is 11.1. The van der Waals surface area contributed by atoms with E-state index in [-0.39, 0.29) is 19.0 Å². The monoisotopic (exact) mass is 270 g/mol. The van der Waals surface area contributed by atoms with Gasteiger partial charge in [-0.05, 0) is 12.8 Å². The van der Waals surface area contributed by atoms with Gasteiger partial charge in [0.2, 0.25) is 0 Å². The topological polar surface area (TPSA) is 81.1 Å². The molecular formula is C13H22N2O4. The van der Waals surface area contributed by atoms with Crippen LogP contribution in [0.5, 0.6) is 0 Å². The first-order valence-electron chi connectivity index (χ1n) is 7.06. The lowest BCUT2D eigenvalue weighted by Gasteiger charge is -2.31. The van der Waals surface area contributed by atoms with E-state index in [0.29, 0.717) is 13.1 Å². The van der Waals surface area contributed by atoms with Crippen LogP contribution in [-0.4, -0.2) is 63.8 Å². The number of carbonyl (C=O) groups excluding carboxylic acids is 1. The maximum atomic E-state index is 12.4. The van der Waals surface area contributed by atoms with Crippen molar-refractivity contribution in [2.45, 2.75) is 50.7 Å². The Kier molecular flexibility index (Phi) is 4.63. The smallest absolute Gasteiger partial charge is 0.326 e. The third kappa shape index (κ3) is 3.37. The molecule has 0 spiro atoms. The highest BCUT2D eigenvalue weighted by Gasteiger charge is 2.40. The molecule has 2 heterocycles. The van der Waals surface area contributed by atoms with Gasteiger partial charge in [0.1, 0.15) is 6.04 Å². The Morgan fingerprint density at radius 2 is 1.58 bits per heavy atom. The van der Waals surface area contributed by atoms with E-state index in [1.54, 1.807) is 4.90 Å². The SMILES string of the molecule is O=C(O)[C@H]1C[C@@H](O)CN1C(=O)N1CCCCCCC1. The highest BCUT2D eigenvalue weighted by atomic mass is 16.4. The van der Waals surface area contributed by atoms with Gasteiger partial charge in [0.25, 0.3) is 0 Å². The van der Waals surface area contributed by atoms with Crippen molar-refractivity contribution < 1.29 is 19.8 Å². The molecule has 2 aliphatic rings. The van der Waals surface area contributed by atoms with Gasteiger partial charge >= 0.3 is 12.0 Å². The number of aliphatic hydroxyl groups is 1. The second-order valence-electron chi connectivity index (χ2n) is 5.43. The van der Waals surface area contributed by atoms with Crippen molar-refractivity contribution in [1.82, 2.24) is 9.80 Å². The number of β-amino-alcohol motifs (C(OH)–C–C–N with tert-alkyl or cyclic N) is 1. The molecular weight excluding hydrogens is 248 g/mol. The van der Waals surface area contributed by atoms with Crippen LogP contribution < -0.4 is 0 Å². The molecule has 0 aromatic carbocycles. The third-order valence-electron chi connectivity index (χ3n) is 3.94. The number of amides is 2. The maximum absolute atomic E-state index is 12.4. The average Bonchev–Trinajstić information content (AvgIpc) is 2.70. The van der Waals surface area contributed by atoms with Gasteiger partial charge in [0.15, 0.2) is 0 Å². The molecule has 2 aliphatic heterocycles. The molecule has 2 N–H and O–H groups in total. The van der Waals surface area contributed by atoms with Crippen molar-refractivity contribution in [3.63, 3.8) is 0 Å². The van der Waals surface area contributed by atoms with Gasteiger partial charge in [-0.25, -0.2) is 9.59 Å². The van der Waals surface area contributed by atoms with Crippen LogP contribution in [-0.2, 0) is 4.79 Å². The second-order valence-corrected chi connectivity index (χ2v) is 5.43. The molecule has 108 valence electrons. The maximum Gasteiger partial charge on any atom is 0.326 e. The summed E-state index contributed by atoms with van der Waals surface area (Å²) >= 11 is 0. The van der Waals surface area contributed by atoms with E-state index in [4.69, 9.17) is 5.11 Å². The van der Waals surface area contributed by atoms with E-state index >= 15 is 0 Å². The van der Waals surface area contributed by atoms with Crippen LogP contribution >= 0.6 is 0 Å². The molecule has 19 heavy (non-hydrogen) atoms. The van der Waals surface area contributed by atoms with Crippen molar-refractivity contribution in [2.75, 3.05) is 19.6 Å². The minimum Gasteiger partial charge on any atom is -0.480 e. The van der Waals surface area contributed by atoms with Crippen LogP contribution in [0.15, 0.2) is 0 Å². The number of nitrogens with zero attached hydrogens (tertiary/aromatic N) is 2. The Morgan fingerprint density at radius 1 is 1.00 bits per heavy atom. The van der Waals surface area contributed by atoms with Gasteiger partial charge < -0.3 is 20.0 Å². The number of urea groups is 1. The number of likely N-dealkylation sites (tertiary alicyclic amines) is 2. The number of aliphatic carboxylic acids is 1. The largest absolute Gasteiger partial charge is 0.480 e. The van der Waals surface area contributed by atoms with Gasteiger partial charge in [0.05, 0.1) is 6.10 Å². The van der Waals surface area contributed by atoms with Crippen LogP contribution in [0, 0.1) is 0 Å². The number of rotatable bonds is 1. The van der Waals surface area contributed by atoms with Crippen molar-refractivity contribution in [1.29, 1.82) is 0 Å². The molecule has 2 saturated heterocycles. The molecule has 2 amide bonds. The normalized spacial score (nSPS) is 28.9. The Balaban J connectivity index is 2.02. The quantitative estimate of drug-likeness (QED) is 0.741. The predicted molar refractivity (Wildman–Crippen MR) is 68.8 cm³/mol. The lowest BCUT2D eigenvalue weighted by molar-refractivity contribution is -0.141. The molecule has 0 unspecified atom stereocenters. The number of aliphatic hydroxyl groups excluding tert-OH is 1. The first-order valence-corrected chi connectivity index (χ1v) is 7.06. The molecule has 0 aromatic heterocycles. The van der Waals surface area contributed by atoms with E-state index in [2.05, 4.69) is 0 Å². The minimum absolute atomic E-state index is 0.131. The molecule has 2 fully saturated rings. The number of hydrogen-bond donors (Lipinski definition) is 2. The number of carbonyl (C=O) groups is 2. The number of hydrogen-bond acceptors (Lipinski definition) is 3. The van der Waals surface area contributed by atoms with E-state index < -0.39 is 18.1 Å². The summed E-state index contributed by atoms with van der Waals surface area (Å²) in [4.78, 5) is 26.6. The van der Waals surface area contributed by atoms with Gasteiger partial charge in [-0.3, -0.25) is 0 Å². The standard InChI is InChI=1S/C13H22N2O4/c16-10-8-11(12(17)18)15(9-10)13(19)14-6-4-2-1-3-5-7-14/h10-11,16H,1-9H2,(H,17,18)/t10-,11-/m1/s1. The molecule has 2 atom stereocenters. The first kappa shape index (κ1) is 14.1. The van der Waals surface area contributed by atoms with Gasteiger partial charge in [-0.1, -0.05) is 19.3 Å². The van der Waals surface area contributed by atoms with Gasteiger partial charge in [0, 0.05) is 26.1 Å². The van der Waals surface area contributed by atoms with Crippen LogP contribution in [0.3, 0.4) is 0 Å². The highest BCUT2D eigenvalue weighted by Crippen LogP contribution is 2.21. The Labute approximate surface area is 113 Å². The summed E-state index contributed by atoms with van der Waals surface area (Å²) < 4.78 is 0. The van der Waals surface area contributed by atoms with Crippen molar-refractivity contribution in [3.05, 3.63) is 0 Å². The highest BCUT2D eigenvalue weighted by molar-refractivity contribution is 5.83. The lowest BCUT2D eigenvalue weighted by atomic mass is 10.1. The molecule has 6 nitrogen and oxygen atoms in total. The van der Waals surface area contributed by atoms with Crippen LogP contribution in [0.4, 0.5) is 4.79 Å². The van der Waals surface area contributed by atoms with Crippen LogP contribution in [0.2, 0.25) is 0 Å². The summed E-state index contributed by atoms with van der Waals surface area (Å²) in [5, 5.41) is 18.7. The van der Waals surface area contributed by atoms with E-state index in [1.165, 1.54) is 11.3 Å². The average molecular weight is 270 g/mol. The third-order valence-corrected chi connectivity index (χ3v) is 3.94. The Morgan fingerprint density at radius 3 is 2.16 bits per heavy atom. The number of carboxylic acids is 1. The zero-order chi connectivity index (χ0) is 13.8. The van der Waals surface area contributed by atoms with E-state index in [0.717, 1.165) is 25.7 Å². The zero-order valence-corrected chi connectivity index (χ0v) is 11.1. The molecule has 0 bridgehead atoms. The second kappa shape index (κ2) is 6.23. The summed E-state index contributed by atoms with van der Waals surface area (Å²) in [5.74, 6) is -1.03. The molecule has 0 saturated carbocycles. The lowest BCUT2D eigenvalue weighted by Crippen LogP contribution is -2.49. The fraction of sp³-hybridized carbons (Fsp3) is 0.846. The van der Waals surface area contributed by atoms with Gasteiger partial charge in [-0.2, -0.15) is 0 Å². The van der Waals surface area contributed by atoms with Crippen LogP contribution in [0.25, 0.3) is 0 Å². The number of carboxylic acid groups (broad SMARTS) is 1.